The van der Waals surface area contributed by atoms with Crippen LogP contribution in [0, 0.1) is 12.8 Å². The molecule has 1 aliphatic carbocycles. The number of benzene rings is 1. The third-order valence-corrected chi connectivity index (χ3v) is 6.49. The summed E-state index contributed by atoms with van der Waals surface area (Å²) in [7, 11) is 3.12. The van der Waals surface area contributed by atoms with Gasteiger partial charge in [0, 0.05) is 25.3 Å². The largest absolute Gasteiger partial charge is 0.493 e. The maximum atomic E-state index is 12.3. The van der Waals surface area contributed by atoms with Gasteiger partial charge in [0.05, 0.1) is 20.1 Å². The number of rotatable bonds is 14. The fourth-order valence-corrected chi connectivity index (χ4v) is 4.67. The second-order valence-corrected chi connectivity index (χ2v) is 9.04. The minimum atomic E-state index is -0.381. The Morgan fingerprint density at radius 2 is 1.61 bits per heavy atom. The van der Waals surface area contributed by atoms with Crippen LogP contribution in [0.5, 0.6) is 17.2 Å². The molecule has 0 amide bonds. The van der Waals surface area contributed by atoms with Gasteiger partial charge in [-0.05, 0) is 50.7 Å². The maximum absolute atomic E-state index is 12.3. The monoisotopic (exact) mass is 460 g/mol. The van der Waals surface area contributed by atoms with Crippen molar-refractivity contribution in [2.45, 2.75) is 97.3 Å². The van der Waals surface area contributed by atoms with Crippen molar-refractivity contribution < 1.29 is 28.6 Å². The highest BCUT2D eigenvalue weighted by atomic mass is 16.6. The molecule has 1 fully saturated rings. The number of hydrogen-bond acceptors (Lipinski definition) is 6. The van der Waals surface area contributed by atoms with Crippen LogP contribution in [0.25, 0.3) is 0 Å². The van der Waals surface area contributed by atoms with Crippen LogP contribution in [0.1, 0.15) is 95.1 Å². The highest BCUT2D eigenvalue weighted by molar-refractivity contribution is 6.02. The lowest BCUT2D eigenvalue weighted by atomic mass is 9.83. The molecular weight excluding hydrogens is 420 g/mol. The minimum absolute atomic E-state index is 0.160. The Morgan fingerprint density at radius 1 is 0.939 bits per heavy atom. The van der Waals surface area contributed by atoms with Gasteiger partial charge >= 0.3 is 5.97 Å². The van der Waals surface area contributed by atoms with E-state index in [1.54, 1.807) is 14.2 Å². The van der Waals surface area contributed by atoms with Gasteiger partial charge in [-0.3, -0.25) is 14.4 Å². The van der Waals surface area contributed by atoms with Gasteiger partial charge in [0.15, 0.2) is 11.5 Å². The summed E-state index contributed by atoms with van der Waals surface area (Å²) >= 11 is 0. The van der Waals surface area contributed by atoms with Crippen molar-refractivity contribution in [3.63, 3.8) is 0 Å². The number of hydrogen-bond donors (Lipinski definition) is 0. The molecule has 0 saturated heterocycles. The number of carbonyl (C=O) groups excluding carboxylic acids is 3. The molecule has 0 N–H and O–H groups in total. The average Bonchev–Trinajstić information content (AvgIpc) is 2.78. The number of ether oxygens (including phenoxy) is 3. The fourth-order valence-electron chi connectivity index (χ4n) is 4.67. The van der Waals surface area contributed by atoms with Gasteiger partial charge in [0.25, 0.3) is 0 Å². The molecule has 0 heterocycles. The van der Waals surface area contributed by atoms with E-state index < -0.39 is 0 Å². The van der Waals surface area contributed by atoms with Gasteiger partial charge in [0.1, 0.15) is 11.6 Å². The lowest BCUT2D eigenvalue weighted by molar-refractivity contribution is -0.135. The fraction of sp³-hybridized carbons (Fsp3) is 0.667. The first-order chi connectivity index (χ1) is 15.9. The molecule has 1 aromatic rings. The first-order valence-corrected chi connectivity index (χ1v) is 12.4. The first kappa shape index (κ1) is 26.9. The van der Waals surface area contributed by atoms with E-state index in [1.807, 2.05) is 13.0 Å². The van der Waals surface area contributed by atoms with Crippen molar-refractivity contribution in [1.82, 2.24) is 0 Å². The molecule has 0 bridgehead atoms. The van der Waals surface area contributed by atoms with Crippen molar-refractivity contribution in [3.05, 3.63) is 17.2 Å². The number of Topliss-reactive ketones (excluding diaryl/α,β-unsaturated/α-hetero) is 2. The second-order valence-electron chi connectivity index (χ2n) is 9.04. The Bertz CT molecular complexity index is 813. The average molecular weight is 461 g/mol. The molecule has 1 atom stereocenters. The molecule has 1 saturated carbocycles. The van der Waals surface area contributed by atoms with Crippen LogP contribution in [-0.4, -0.2) is 31.8 Å². The molecule has 0 radical (unpaired) electrons. The lowest BCUT2D eigenvalue weighted by Crippen LogP contribution is -2.27. The van der Waals surface area contributed by atoms with Crippen molar-refractivity contribution in [1.29, 1.82) is 0 Å². The van der Waals surface area contributed by atoms with E-state index in [0.29, 0.717) is 30.1 Å². The van der Waals surface area contributed by atoms with E-state index in [-0.39, 0.29) is 23.5 Å². The Kier molecular flexibility index (Phi) is 11.4. The molecule has 33 heavy (non-hydrogen) atoms. The van der Waals surface area contributed by atoms with E-state index in [4.69, 9.17) is 14.2 Å². The summed E-state index contributed by atoms with van der Waals surface area (Å²) in [5.74, 6) is 1.10. The highest BCUT2D eigenvalue weighted by Crippen LogP contribution is 2.42. The molecule has 1 aromatic carbocycles. The lowest BCUT2D eigenvalue weighted by Gasteiger charge is -2.19. The Balaban J connectivity index is 1.71. The molecule has 1 unspecified atom stereocenters. The molecule has 2 rings (SSSR count). The number of carbonyl (C=O) groups is 3. The summed E-state index contributed by atoms with van der Waals surface area (Å²) in [5.41, 5.74) is 2.00. The van der Waals surface area contributed by atoms with E-state index in [9.17, 15) is 14.4 Å². The van der Waals surface area contributed by atoms with Crippen molar-refractivity contribution in [3.8, 4) is 17.2 Å². The maximum Gasteiger partial charge on any atom is 0.308 e. The number of ketones is 2. The molecule has 0 aliphatic heterocycles. The van der Waals surface area contributed by atoms with Crippen LogP contribution in [0.2, 0.25) is 0 Å². The molecule has 0 aromatic heterocycles. The van der Waals surface area contributed by atoms with Crippen LogP contribution in [-0.2, 0) is 20.8 Å². The molecule has 0 spiro atoms. The van der Waals surface area contributed by atoms with Gasteiger partial charge in [0.2, 0.25) is 5.75 Å². The molecule has 184 valence electrons. The van der Waals surface area contributed by atoms with Crippen molar-refractivity contribution in [2.24, 2.45) is 5.92 Å². The Morgan fingerprint density at radius 3 is 2.21 bits per heavy atom. The number of methoxy groups -OCH3 is 2. The van der Waals surface area contributed by atoms with E-state index in [1.165, 1.54) is 6.92 Å². The highest BCUT2D eigenvalue weighted by Gasteiger charge is 2.27. The summed E-state index contributed by atoms with van der Waals surface area (Å²) in [5, 5.41) is 0. The standard InChI is InChI=1S/C27H40O6/c1-19-18-25(31-3)27(32-4)26(33-20(2)28)21(19)14-10-8-6-5-7-9-11-16-23(29)22-15-12-13-17-24(22)30/h18,22H,5-17H2,1-4H3. The Hall–Kier alpha value is -2.37. The zero-order chi connectivity index (χ0) is 24.2. The SMILES string of the molecule is COc1cc(C)c(CCCCCCCCCC(=O)C2CCCCC2=O)c(OC(C)=O)c1OC. The van der Waals surface area contributed by atoms with Crippen LogP contribution >= 0.6 is 0 Å². The number of unbranched alkanes of at least 4 members (excludes halogenated alkanes) is 6. The summed E-state index contributed by atoms with van der Waals surface area (Å²) in [4.78, 5) is 35.8. The van der Waals surface area contributed by atoms with Crippen LogP contribution in [0.3, 0.4) is 0 Å². The third kappa shape index (κ3) is 8.17. The summed E-state index contributed by atoms with van der Waals surface area (Å²) in [6.45, 7) is 3.38. The molecule has 6 heteroatoms. The first-order valence-electron chi connectivity index (χ1n) is 12.4. The normalized spacial score (nSPS) is 15.9. The van der Waals surface area contributed by atoms with Crippen LogP contribution < -0.4 is 14.2 Å². The van der Waals surface area contributed by atoms with E-state index in [0.717, 1.165) is 81.8 Å². The summed E-state index contributed by atoms with van der Waals surface area (Å²) < 4.78 is 16.3. The molecular formula is C27H40O6. The zero-order valence-corrected chi connectivity index (χ0v) is 20.8. The van der Waals surface area contributed by atoms with Gasteiger partial charge in [-0.1, -0.05) is 38.5 Å². The van der Waals surface area contributed by atoms with Crippen molar-refractivity contribution >= 4 is 17.5 Å². The minimum Gasteiger partial charge on any atom is -0.493 e. The molecule has 6 nitrogen and oxygen atoms in total. The number of aryl methyl sites for hydroxylation is 1. The predicted molar refractivity (Wildman–Crippen MR) is 128 cm³/mol. The molecule has 1 aliphatic rings. The van der Waals surface area contributed by atoms with Gasteiger partial charge in [-0.25, -0.2) is 0 Å². The topological polar surface area (TPSA) is 78.9 Å². The third-order valence-electron chi connectivity index (χ3n) is 6.49. The smallest absolute Gasteiger partial charge is 0.308 e. The predicted octanol–water partition coefficient (Wildman–Crippen LogP) is 5.93. The van der Waals surface area contributed by atoms with Crippen molar-refractivity contribution in [2.75, 3.05) is 14.2 Å². The van der Waals surface area contributed by atoms with Crippen LogP contribution in [0.4, 0.5) is 0 Å². The van der Waals surface area contributed by atoms with Gasteiger partial charge < -0.3 is 14.2 Å². The summed E-state index contributed by atoms with van der Waals surface area (Å²) in [6.07, 6.45) is 12.0. The van der Waals surface area contributed by atoms with Gasteiger partial charge in [-0.2, -0.15) is 0 Å². The van der Waals surface area contributed by atoms with E-state index >= 15 is 0 Å². The second kappa shape index (κ2) is 14.0. The number of esters is 1. The van der Waals surface area contributed by atoms with Gasteiger partial charge in [-0.15, -0.1) is 0 Å². The van der Waals surface area contributed by atoms with E-state index in [2.05, 4.69) is 0 Å². The summed E-state index contributed by atoms with van der Waals surface area (Å²) in [6, 6.07) is 1.92. The quantitative estimate of drug-likeness (QED) is 0.148. The van der Waals surface area contributed by atoms with Crippen LogP contribution in [0.15, 0.2) is 6.07 Å². The Labute approximate surface area is 198 Å². The zero-order valence-electron chi connectivity index (χ0n) is 20.8.